The van der Waals surface area contributed by atoms with Crippen LogP contribution in [0, 0.1) is 0 Å². The van der Waals surface area contributed by atoms with E-state index in [-0.39, 0.29) is 11.9 Å². The fourth-order valence-corrected chi connectivity index (χ4v) is 3.07. The maximum absolute atomic E-state index is 12.2. The molecule has 1 aromatic carbocycles. The fraction of sp³-hybridized carbons (Fsp3) is 0.444. The molecule has 3 rings (SSSR count). The molecule has 1 N–H and O–H groups in total. The molecule has 2 aromatic rings. The average Bonchev–Trinajstić information content (AvgIpc) is 3.01. The molecule has 0 spiro atoms. The first kappa shape index (κ1) is 15.7. The van der Waals surface area contributed by atoms with E-state index in [1.165, 1.54) is 5.56 Å². The molecular formula is C18H24N4O. The van der Waals surface area contributed by atoms with Gasteiger partial charge in [0.25, 0.3) is 5.91 Å². The van der Waals surface area contributed by atoms with Crippen LogP contribution in [0.3, 0.4) is 0 Å². The van der Waals surface area contributed by atoms with Crippen molar-refractivity contribution in [3.8, 4) is 0 Å². The molecule has 23 heavy (non-hydrogen) atoms. The number of hydrogen-bond acceptors (Lipinski definition) is 3. The molecule has 1 aliphatic rings. The Morgan fingerprint density at radius 3 is 2.65 bits per heavy atom. The van der Waals surface area contributed by atoms with Crippen LogP contribution >= 0.6 is 0 Å². The summed E-state index contributed by atoms with van der Waals surface area (Å²) < 4.78 is 1.75. The van der Waals surface area contributed by atoms with Crippen LogP contribution in [0.25, 0.3) is 0 Å². The standard InChI is InChI=1S/C18H24N4O/c1-21-14-19-13-17(21)18(23)20-16-8-11-22(12-9-16)10-7-15-5-3-2-4-6-15/h2-6,13-14,16H,7-12H2,1H3,(H,20,23). The number of piperidine rings is 1. The van der Waals surface area contributed by atoms with Gasteiger partial charge in [0.05, 0.1) is 12.5 Å². The average molecular weight is 312 g/mol. The Hall–Kier alpha value is -2.14. The van der Waals surface area contributed by atoms with Gasteiger partial charge in [-0.05, 0) is 24.8 Å². The lowest BCUT2D eigenvalue weighted by Crippen LogP contribution is -2.45. The second-order valence-corrected chi connectivity index (χ2v) is 6.21. The van der Waals surface area contributed by atoms with Crippen LogP contribution in [0.1, 0.15) is 28.9 Å². The Kier molecular flexibility index (Phi) is 5.08. The first-order valence-corrected chi connectivity index (χ1v) is 8.26. The highest BCUT2D eigenvalue weighted by Gasteiger charge is 2.21. The maximum atomic E-state index is 12.2. The van der Waals surface area contributed by atoms with Gasteiger partial charge in [0.15, 0.2) is 0 Å². The Morgan fingerprint density at radius 2 is 2.00 bits per heavy atom. The molecule has 122 valence electrons. The van der Waals surface area contributed by atoms with Gasteiger partial charge in [0, 0.05) is 32.7 Å². The number of carbonyl (C=O) groups excluding carboxylic acids is 1. The highest BCUT2D eigenvalue weighted by Crippen LogP contribution is 2.12. The van der Waals surface area contributed by atoms with Crippen LogP contribution < -0.4 is 5.32 Å². The number of rotatable bonds is 5. The van der Waals surface area contributed by atoms with Crippen LogP contribution in [-0.2, 0) is 13.5 Å². The van der Waals surface area contributed by atoms with Crippen LogP contribution in [0.5, 0.6) is 0 Å². The summed E-state index contributed by atoms with van der Waals surface area (Å²) in [7, 11) is 1.84. The van der Waals surface area contributed by atoms with Crippen LogP contribution in [0.4, 0.5) is 0 Å². The minimum absolute atomic E-state index is 0.0206. The lowest BCUT2D eigenvalue weighted by molar-refractivity contribution is 0.0903. The van der Waals surface area contributed by atoms with Crippen molar-refractivity contribution in [2.75, 3.05) is 19.6 Å². The van der Waals surface area contributed by atoms with Gasteiger partial charge in [-0.1, -0.05) is 30.3 Å². The molecule has 1 aromatic heterocycles. The Balaban J connectivity index is 1.42. The Morgan fingerprint density at radius 1 is 1.26 bits per heavy atom. The van der Waals surface area contributed by atoms with Crippen molar-refractivity contribution < 1.29 is 4.79 Å². The summed E-state index contributed by atoms with van der Waals surface area (Å²) in [6.07, 6.45) is 6.38. The van der Waals surface area contributed by atoms with Crippen LogP contribution in [0.2, 0.25) is 0 Å². The molecule has 0 atom stereocenters. The van der Waals surface area contributed by atoms with Crippen molar-refractivity contribution in [1.82, 2.24) is 19.8 Å². The zero-order chi connectivity index (χ0) is 16.1. The third-order valence-electron chi connectivity index (χ3n) is 4.53. The van der Waals surface area contributed by atoms with Crippen LogP contribution in [-0.4, -0.2) is 46.0 Å². The Bertz CT molecular complexity index is 629. The monoisotopic (exact) mass is 312 g/mol. The van der Waals surface area contributed by atoms with E-state index in [0.717, 1.165) is 38.9 Å². The van der Waals surface area contributed by atoms with E-state index in [9.17, 15) is 4.79 Å². The number of benzene rings is 1. The predicted octanol–water partition coefficient (Wildman–Crippen LogP) is 1.86. The van der Waals surface area contributed by atoms with E-state index in [1.54, 1.807) is 17.1 Å². The fourth-order valence-electron chi connectivity index (χ4n) is 3.07. The SMILES string of the molecule is Cn1cncc1C(=O)NC1CCN(CCc2ccccc2)CC1. The molecule has 1 saturated heterocycles. The van der Waals surface area contributed by atoms with E-state index < -0.39 is 0 Å². The number of nitrogens with one attached hydrogen (secondary N) is 1. The van der Waals surface area contributed by atoms with Crippen molar-refractivity contribution in [3.05, 3.63) is 54.1 Å². The van der Waals surface area contributed by atoms with Gasteiger partial charge in [-0.25, -0.2) is 4.98 Å². The van der Waals surface area contributed by atoms with Gasteiger partial charge in [0.2, 0.25) is 0 Å². The van der Waals surface area contributed by atoms with Crippen molar-refractivity contribution in [1.29, 1.82) is 0 Å². The number of imidazole rings is 1. The first-order chi connectivity index (χ1) is 11.2. The lowest BCUT2D eigenvalue weighted by atomic mass is 10.0. The minimum Gasteiger partial charge on any atom is -0.348 e. The van der Waals surface area contributed by atoms with Gasteiger partial charge >= 0.3 is 0 Å². The molecule has 0 radical (unpaired) electrons. The van der Waals surface area contributed by atoms with Crippen molar-refractivity contribution in [3.63, 3.8) is 0 Å². The van der Waals surface area contributed by atoms with Crippen LogP contribution in [0.15, 0.2) is 42.9 Å². The first-order valence-electron chi connectivity index (χ1n) is 8.26. The van der Waals surface area contributed by atoms with E-state index in [2.05, 4.69) is 45.5 Å². The second kappa shape index (κ2) is 7.42. The summed E-state index contributed by atoms with van der Waals surface area (Å²) in [4.78, 5) is 18.7. The third-order valence-corrected chi connectivity index (χ3v) is 4.53. The number of likely N-dealkylation sites (tertiary alicyclic amines) is 1. The number of aromatic nitrogens is 2. The summed E-state index contributed by atoms with van der Waals surface area (Å²) >= 11 is 0. The molecule has 1 amide bonds. The molecular weight excluding hydrogens is 288 g/mol. The summed E-state index contributed by atoms with van der Waals surface area (Å²) in [5.74, 6) is -0.0206. The Labute approximate surface area is 137 Å². The lowest BCUT2D eigenvalue weighted by Gasteiger charge is -2.32. The van der Waals surface area contributed by atoms with Gasteiger partial charge in [-0.2, -0.15) is 0 Å². The quantitative estimate of drug-likeness (QED) is 0.917. The van der Waals surface area contributed by atoms with E-state index >= 15 is 0 Å². The molecule has 0 saturated carbocycles. The molecule has 0 aliphatic carbocycles. The van der Waals surface area contributed by atoms with E-state index in [1.807, 2.05) is 7.05 Å². The second-order valence-electron chi connectivity index (χ2n) is 6.21. The third kappa shape index (κ3) is 4.20. The summed E-state index contributed by atoms with van der Waals surface area (Å²) in [6.45, 7) is 3.18. The zero-order valence-corrected chi connectivity index (χ0v) is 13.6. The molecule has 1 fully saturated rings. The molecule has 2 heterocycles. The number of aryl methyl sites for hydroxylation is 1. The zero-order valence-electron chi connectivity index (χ0n) is 13.6. The molecule has 5 heteroatoms. The topological polar surface area (TPSA) is 50.2 Å². The number of nitrogens with zero attached hydrogens (tertiary/aromatic N) is 3. The molecule has 5 nitrogen and oxygen atoms in total. The highest BCUT2D eigenvalue weighted by molar-refractivity contribution is 5.92. The van der Waals surface area contributed by atoms with Gasteiger partial charge in [0.1, 0.15) is 5.69 Å². The molecule has 0 unspecified atom stereocenters. The van der Waals surface area contributed by atoms with E-state index in [4.69, 9.17) is 0 Å². The van der Waals surface area contributed by atoms with Gasteiger partial charge in [-0.3, -0.25) is 4.79 Å². The predicted molar refractivity (Wildman–Crippen MR) is 90.3 cm³/mol. The maximum Gasteiger partial charge on any atom is 0.269 e. The summed E-state index contributed by atoms with van der Waals surface area (Å²) in [5, 5.41) is 3.13. The number of carbonyl (C=O) groups is 1. The van der Waals surface area contributed by atoms with Gasteiger partial charge in [-0.15, -0.1) is 0 Å². The minimum atomic E-state index is -0.0206. The van der Waals surface area contributed by atoms with Gasteiger partial charge < -0.3 is 14.8 Å². The molecule has 0 bridgehead atoms. The van der Waals surface area contributed by atoms with E-state index in [0.29, 0.717) is 5.69 Å². The summed E-state index contributed by atoms with van der Waals surface area (Å²) in [5.41, 5.74) is 2.01. The van der Waals surface area contributed by atoms with Crippen molar-refractivity contribution in [2.24, 2.45) is 7.05 Å². The van der Waals surface area contributed by atoms with Crippen molar-refractivity contribution >= 4 is 5.91 Å². The molecule has 1 aliphatic heterocycles. The normalized spacial score (nSPS) is 16.4. The largest absolute Gasteiger partial charge is 0.348 e. The van der Waals surface area contributed by atoms with Crippen molar-refractivity contribution in [2.45, 2.75) is 25.3 Å². The number of amides is 1. The number of hydrogen-bond donors (Lipinski definition) is 1. The smallest absolute Gasteiger partial charge is 0.269 e. The highest BCUT2D eigenvalue weighted by atomic mass is 16.2. The summed E-state index contributed by atoms with van der Waals surface area (Å²) in [6, 6.07) is 10.9.